The zero-order chi connectivity index (χ0) is 27.6. The number of hydrogen-bond acceptors (Lipinski definition) is 4. The van der Waals surface area contributed by atoms with Crippen LogP contribution in [0.2, 0.25) is 0 Å². The Kier molecular flexibility index (Phi) is 6.72. The van der Waals surface area contributed by atoms with Crippen LogP contribution in [-0.4, -0.2) is 51.9 Å². The molecule has 0 aromatic heterocycles. The highest BCUT2D eigenvalue weighted by atomic mass is 16.5. The van der Waals surface area contributed by atoms with Crippen molar-refractivity contribution in [2.24, 2.45) is 0 Å². The number of nitrogens with zero attached hydrogens (tertiary/aromatic N) is 4. The van der Waals surface area contributed by atoms with Crippen molar-refractivity contribution in [2.45, 2.75) is 19.0 Å². The fourth-order valence-electron chi connectivity index (χ4n) is 5.15. The van der Waals surface area contributed by atoms with Gasteiger partial charge in [0.05, 0.1) is 11.7 Å². The van der Waals surface area contributed by atoms with Gasteiger partial charge in [0.1, 0.15) is 17.1 Å². The lowest BCUT2D eigenvalue weighted by Crippen LogP contribution is -2.50. The van der Waals surface area contributed by atoms with E-state index in [4.69, 9.17) is 4.74 Å². The van der Waals surface area contributed by atoms with Gasteiger partial charge in [-0.05, 0) is 55.0 Å². The molecule has 1 fully saturated rings. The zero-order valence-corrected chi connectivity index (χ0v) is 22.3. The SMILES string of the molecule is CC1C(N2C(=O)/C(=C/c3cccc(Oc4ccccc4)c3)C=[N+]2c2ccccc2)C(=O)N(c2ccccc2)N1C. The van der Waals surface area contributed by atoms with Crippen LogP contribution in [0.1, 0.15) is 12.5 Å². The minimum Gasteiger partial charge on any atom is -0.457 e. The number of amides is 2. The van der Waals surface area contributed by atoms with Gasteiger partial charge < -0.3 is 4.74 Å². The Morgan fingerprint density at radius 1 is 0.775 bits per heavy atom. The summed E-state index contributed by atoms with van der Waals surface area (Å²) in [7, 11) is 1.88. The summed E-state index contributed by atoms with van der Waals surface area (Å²) in [4.78, 5) is 28.0. The van der Waals surface area contributed by atoms with Crippen LogP contribution in [0.5, 0.6) is 11.5 Å². The Bertz CT molecular complexity index is 1600. The second-order valence-corrected chi connectivity index (χ2v) is 9.79. The molecule has 2 aliphatic rings. The predicted molar refractivity (Wildman–Crippen MR) is 155 cm³/mol. The van der Waals surface area contributed by atoms with Gasteiger partial charge in [0.2, 0.25) is 11.9 Å². The van der Waals surface area contributed by atoms with Crippen molar-refractivity contribution in [1.82, 2.24) is 10.0 Å². The average Bonchev–Trinajstić information content (AvgIpc) is 3.41. The van der Waals surface area contributed by atoms with Crippen molar-refractivity contribution in [3.8, 4) is 11.5 Å². The molecule has 2 unspecified atom stereocenters. The van der Waals surface area contributed by atoms with Gasteiger partial charge in [-0.1, -0.05) is 76.4 Å². The number of carbonyl (C=O) groups is 2. The summed E-state index contributed by atoms with van der Waals surface area (Å²) in [6, 6.07) is 35.3. The van der Waals surface area contributed by atoms with E-state index in [0.717, 1.165) is 22.7 Å². The number of carbonyl (C=O) groups excluding carboxylic acids is 2. The standard InChI is InChI=1S/C33H29N4O3/c1-24-31(33(39)36(34(24)2)28-16-8-4-9-17-28)37-32(38)26(23-35(37)27-14-6-3-7-15-27)21-25-13-12-20-30(22-25)40-29-18-10-5-11-19-29/h3-24,31H,1-2H3/q+1/b26-21+. The van der Waals surface area contributed by atoms with Gasteiger partial charge in [0.25, 0.3) is 5.91 Å². The largest absolute Gasteiger partial charge is 0.457 e. The second-order valence-electron chi connectivity index (χ2n) is 9.79. The lowest BCUT2D eigenvalue weighted by Gasteiger charge is -2.26. The highest BCUT2D eigenvalue weighted by molar-refractivity contribution is 6.18. The first-order chi connectivity index (χ1) is 19.5. The molecule has 0 bridgehead atoms. The molecular formula is C33H29N4O3+. The van der Waals surface area contributed by atoms with Gasteiger partial charge in [0, 0.05) is 19.2 Å². The number of hydrogen-bond donors (Lipinski definition) is 0. The number of para-hydroxylation sites is 3. The van der Waals surface area contributed by atoms with Crippen molar-refractivity contribution < 1.29 is 19.0 Å². The van der Waals surface area contributed by atoms with E-state index < -0.39 is 6.04 Å². The Labute approximate surface area is 233 Å². The molecule has 2 atom stereocenters. The van der Waals surface area contributed by atoms with E-state index in [2.05, 4.69) is 0 Å². The molecule has 4 aromatic rings. The summed E-state index contributed by atoms with van der Waals surface area (Å²) in [5, 5.41) is 5.13. The van der Waals surface area contributed by atoms with Gasteiger partial charge in [0.15, 0.2) is 6.04 Å². The summed E-state index contributed by atoms with van der Waals surface area (Å²) < 4.78 is 7.79. The van der Waals surface area contributed by atoms with E-state index in [-0.39, 0.29) is 17.9 Å². The summed E-state index contributed by atoms with van der Waals surface area (Å²) in [5.74, 6) is 0.996. The monoisotopic (exact) mass is 529 g/mol. The van der Waals surface area contributed by atoms with Crippen molar-refractivity contribution in [3.05, 3.63) is 126 Å². The highest BCUT2D eigenvalue weighted by Crippen LogP contribution is 2.33. The van der Waals surface area contributed by atoms with Crippen molar-refractivity contribution in [2.75, 3.05) is 12.1 Å². The summed E-state index contributed by atoms with van der Waals surface area (Å²) >= 11 is 0. The first-order valence-electron chi connectivity index (χ1n) is 13.2. The lowest BCUT2D eigenvalue weighted by molar-refractivity contribution is -0.598. The molecule has 4 aromatic carbocycles. The lowest BCUT2D eigenvalue weighted by atomic mass is 10.1. The van der Waals surface area contributed by atoms with Gasteiger partial charge in [-0.3, -0.25) is 9.59 Å². The third-order valence-corrected chi connectivity index (χ3v) is 7.22. The van der Waals surface area contributed by atoms with Crippen molar-refractivity contribution in [3.63, 3.8) is 0 Å². The zero-order valence-electron chi connectivity index (χ0n) is 22.3. The Morgan fingerprint density at radius 3 is 2.10 bits per heavy atom. The van der Waals surface area contributed by atoms with E-state index in [1.165, 1.54) is 0 Å². The average molecular weight is 530 g/mol. The molecule has 6 rings (SSSR count). The molecule has 0 spiro atoms. The molecule has 7 nitrogen and oxygen atoms in total. The predicted octanol–water partition coefficient (Wildman–Crippen LogP) is 5.69. The Morgan fingerprint density at radius 2 is 1.40 bits per heavy atom. The van der Waals surface area contributed by atoms with E-state index in [9.17, 15) is 9.59 Å². The van der Waals surface area contributed by atoms with Crippen LogP contribution in [0, 0.1) is 0 Å². The first-order valence-corrected chi connectivity index (χ1v) is 13.2. The molecule has 2 aliphatic heterocycles. The molecule has 0 N–H and O–H groups in total. The number of benzene rings is 4. The van der Waals surface area contributed by atoms with Crippen molar-refractivity contribution >= 4 is 35.5 Å². The highest BCUT2D eigenvalue weighted by Gasteiger charge is 2.55. The van der Waals surface area contributed by atoms with E-state index in [0.29, 0.717) is 11.3 Å². The molecule has 2 amide bonds. The van der Waals surface area contributed by atoms with Gasteiger partial charge in [-0.25, -0.2) is 10.0 Å². The van der Waals surface area contributed by atoms with Gasteiger partial charge >= 0.3 is 5.91 Å². The third-order valence-electron chi connectivity index (χ3n) is 7.22. The van der Waals surface area contributed by atoms with Crippen LogP contribution in [0.15, 0.2) is 121 Å². The molecular weight excluding hydrogens is 500 g/mol. The molecule has 2 heterocycles. The van der Waals surface area contributed by atoms with Crippen LogP contribution in [-0.2, 0) is 9.59 Å². The quantitative estimate of drug-likeness (QED) is 0.238. The minimum absolute atomic E-state index is 0.164. The fraction of sp³-hybridized carbons (Fsp3) is 0.121. The Balaban J connectivity index is 1.37. The second kappa shape index (κ2) is 10.6. The fourth-order valence-corrected chi connectivity index (χ4v) is 5.15. The summed E-state index contributed by atoms with van der Waals surface area (Å²) in [5.41, 5.74) is 2.84. The smallest absolute Gasteiger partial charge is 0.315 e. The minimum atomic E-state index is -0.729. The maximum Gasteiger partial charge on any atom is 0.315 e. The van der Waals surface area contributed by atoms with Crippen LogP contribution in [0.4, 0.5) is 11.4 Å². The molecule has 0 aliphatic carbocycles. The maximum absolute atomic E-state index is 14.1. The van der Waals surface area contributed by atoms with Crippen LogP contribution in [0.25, 0.3) is 6.08 Å². The first kappa shape index (κ1) is 25.3. The normalized spacial score (nSPS) is 20.4. The molecule has 198 valence electrons. The van der Waals surface area contributed by atoms with Crippen LogP contribution < -0.4 is 9.75 Å². The van der Waals surface area contributed by atoms with Crippen LogP contribution in [0.3, 0.4) is 0 Å². The molecule has 7 heteroatoms. The number of rotatable bonds is 6. The van der Waals surface area contributed by atoms with Gasteiger partial charge in [-0.2, -0.15) is 0 Å². The van der Waals surface area contributed by atoms with E-state index >= 15 is 0 Å². The van der Waals surface area contributed by atoms with Crippen LogP contribution >= 0.6 is 0 Å². The van der Waals surface area contributed by atoms with E-state index in [1.54, 1.807) is 20.9 Å². The summed E-state index contributed by atoms with van der Waals surface area (Å²) in [6.07, 6.45) is 3.63. The number of ether oxygens (including phenoxy) is 1. The van der Waals surface area contributed by atoms with E-state index in [1.807, 2.05) is 140 Å². The van der Waals surface area contributed by atoms with Gasteiger partial charge in [-0.15, -0.1) is 0 Å². The molecule has 0 radical (unpaired) electrons. The third kappa shape index (κ3) is 4.67. The summed E-state index contributed by atoms with van der Waals surface area (Å²) in [6.45, 7) is 1.97. The Hall–Kier alpha value is -5.01. The maximum atomic E-state index is 14.1. The topological polar surface area (TPSA) is 56.1 Å². The number of hydrazone groups is 1. The number of likely N-dealkylation sites (N-methyl/N-ethyl adjacent to an activating group) is 1. The van der Waals surface area contributed by atoms with Crippen molar-refractivity contribution in [1.29, 1.82) is 0 Å². The molecule has 0 saturated carbocycles. The molecule has 40 heavy (non-hydrogen) atoms. The molecule has 1 saturated heterocycles. The number of anilines is 1. The number of hydrazine groups is 2.